The molecule has 5 atom stereocenters. The highest BCUT2D eigenvalue weighted by Gasteiger charge is 2.57. The summed E-state index contributed by atoms with van der Waals surface area (Å²) in [6, 6.07) is 9.22. The van der Waals surface area contributed by atoms with Gasteiger partial charge in [0.1, 0.15) is 5.78 Å². The van der Waals surface area contributed by atoms with E-state index in [2.05, 4.69) is 69.8 Å². The van der Waals surface area contributed by atoms with Gasteiger partial charge in [-0.25, -0.2) is 0 Å². The lowest BCUT2D eigenvalue weighted by Crippen LogP contribution is -2.44. The Morgan fingerprint density at radius 1 is 1.19 bits per heavy atom. The minimum absolute atomic E-state index is 0.113. The number of ketones is 1. The largest absolute Gasteiger partial charge is 0.378 e. The van der Waals surface area contributed by atoms with E-state index in [1.54, 1.807) is 11.1 Å². The minimum atomic E-state index is 0.113. The molecule has 0 bridgehead atoms. The summed E-state index contributed by atoms with van der Waals surface area (Å²) in [6.07, 6.45) is 12.3. The number of hydrogen-bond donors (Lipinski definition) is 0. The van der Waals surface area contributed by atoms with Crippen LogP contribution in [0.25, 0.3) is 0 Å². The summed E-state index contributed by atoms with van der Waals surface area (Å²) in [7, 11) is 4.20. The molecule has 3 aliphatic carbocycles. The zero-order valence-electron chi connectivity index (χ0n) is 20.8. The zero-order valence-corrected chi connectivity index (χ0v) is 20.8. The van der Waals surface area contributed by atoms with Gasteiger partial charge in [-0.15, -0.1) is 0 Å². The number of anilines is 1. The summed E-state index contributed by atoms with van der Waals surface area (Å²) >= 11 is 0. The number of allylic oxidation sites excluding steroid dienone is 5. The van der Waals surface area contributed by atoms with Crippen LogP contribution in [-0.4, -0.2) is 19.9 Å². The fraction of sp³-hybridized carbons (Fsp3) is 0.567. The maximum Gasteiger partial charge on any atom is 0.133 e. The van der Waals surface area contributed by atoms with Crippen LogP contribution >= 0.6 is 0 Å². The molecule has 32 heavy (non-hydrogen) atoms. The number of Topliss-reactive ketones (excluding diaryl/α,β-unsaturated/α-hetero) is 1. The van der Waals surface area contributed by atoms with Crippen molar-refractivity contribution in [2.75, 3.05) is 19.0 Å². The Kier molecular flexibility index (Phi) is 6.52. The Hall–Kier alpha value is -2.09. The molecule has 1 aromatic rings. The molecule has 2 heteroatoms. The average molecular weight is 432 g/mol. The molecule has 2 nitrogen and oxygen atoms in total. The standard InChI is InChI=1S/C30H41NO/c1-7-9-21-13-16-25-28-18-17-27(20(3)32)30(28,4)19-26(29(25)24(21)10-8-2)22-11-14-23(15-12-22)31(5)6/h7,9,11-12,14-15,25-28H,1,8,10,13,16-19H2,2-6H3/b21-9-. The van der Waals surface area contributed by atoms with Crippen molar-refractivity contribution in [2.45, 2.75) is 71.6 Å². The predicted octanol–water partition coefficient (Wildman–Crippen LogP) is 7.48. The molecule has 0 saturated heterocycles. The van der Waals surface area contributed by atoms with Crippen LogP contribution in [0.5, 0.6) is 0 Å². The molecule has 2 saturated carbocycles. The molecule has 0 aromatic heterocycles. The number of rotatable bonds is 6. The monoisotopic (exact) mass is 431 g/mol. The van der Waals surface area contributed by atoms with Crippen molar-refractivity contribution in [3.05, 3.63) is 65.3 Å². The fourth-order valence-corrected chi connectivity index (χ4v) is 7.53. The molecule has 0 spiro atoms. The number of benzene rings is 1. The topological polar surface area (TPSA) is 20.3 Å². The van der Waals surface area contributed by atoms with Crippen LogP contribution in [0.4, 0.5) is 5.69 Å². The molecular formula is C30H41NO. The van der Waals surface area contributed by atoms with Crippen molar-refractivity contribution in [1.29, 1.82) is 0 Å². The summed E-state index contributed by atoms with van der Waals surface area (Å²) in [5.74, 6) is 2.28. The Bertz CT molecular complexity index is 934. The van der Waals surface area contributed by atoms with Gasteiger partial charge in [0.2, 0.25) is 0 Å². The molecule has 0 amide bonds. The van der Waals surface area contributed by atoms with Crippen LogP contribution in [0.1, 0.15) is 77.2 Å². The van der Waals surface area contributed by atoms with E-state index in [1.807, 2.05) is 13.0 Å². The summed E-state index contributed by atoms with van der Waals surface area (Å²) < 4.78 is 0. The lowest BCUT2D eigenvalue weighted by atomic mass is 9.52. The predicted molar refractivity (Wildman–Crippen MR) is 136 cm³/mol. The molecule has 3 aliphatic rings. The molecule has 0 radical (unpaired) electrons. The van der Waals surface area contributed by atoms with Gasteiger partial charge in [-0.2, -0.15) is 0 Å². The summed E-state index contributed by atoms with van der Waals surface area (Å²) in [4.78, 5) is 14.9. The normalized spacial score (nSPS) is 33.1. The van der Waals surface area contributed by atoms with Gasteiger partial charge in [0.25, 0.3) is 0 Å². The maximum atomic E-state index is 12.7. The van der Waals surface area contributed by atoms with Crippen LogP contribution in [-0.2, 0) is 4.79 Å². The first-order chi connectivity index (χ1) is 15.3. The summed E-state index contributed by atoms with van der Waals surface area (Å²) in [5, 5.41) is 0. The lowest BCUT2D eigenvalue weighted by Gasteiger charge is -2.52. The van der Waals surface area contributed by atoms with Crippen LogP contribution in [0, 0.1) is 23.2 Å². The van der Waals surface area contributed by atoms with E-state index in [9.17, 15) is 4.79 Å². The molecule has 0 aliphatic heterocycles. The number of fused-ring (bicyclic) bond motifs is 3. The van der Waals surface area contributed by atoms with Crippen molar-refractivity contribution in [3.63, 3.8) is 0 Å². The molecule has 0 heterocycles. The van der Waals surface area contributed by atoms with Gasteiger partial charge in [-0.05, 0) is 91.5 Å². The van der Waals surface area contributed by atoms with Gasteiger partial charge in [0, 0.05) is 31.6 Å². The first-order valence-corrected chi connectivity index (χ1v) is 12.6. The molecule has 4 rings (SSSR count). The number of carbonyl (C=O) groups is 1. The Labute approximate surface area is 195 Å². The first-order valence-electron chi connectivity index (χ1n) is 12.6. The third-order valence-electron chi connectivity index (χ3n) is 8.90. The number of nitrogens with zero attached hydrogens (tertiary/aromatic N) is 1. The second-order valence-electron chi connectivity index (χ2n) is 10.9. The quantitative estimate of drug-likeness (QED) is 0.465. The van der Waals surface area contributed by atoms with Crippen molar-refractivity contribution >= 4 is 11.5 Å². The van der Waals surface area contributed by atoms with E-state index < -0.39 is 0 Å². The van der Waals surface area contributed by atoms with Gasteiger partial charge in [0.15, 0.2) is 0 Å². The second kappa shape index (κ2) is 9.04. The molecule has 0 N–H and O–H groups in total. The average Bonchev–Trinajstić information content (AvgIpc) is 3.12. The Balaban J connectivity index is 1.88. The number of carbonyl (C=O) groups excluding carboxylic acids is 1. The minimum Gasteiger partial charge on any atom is -0.378 e. The van der Waals surface area contributed by atoms with Crippen molar-refractivity contribution < 1.29 is 4.79 Å². The van der Waals surface area contributed by atoms with Crippen LogP contribution < -0.4 is 4.90 Å². The third-order valence-corrected chi connectivity index (χ3v) is 8.90. The molecule has 2 fully saturated rings. The Morgan fingerprint density at radius 3 is 2.50 bits per heavy atom. The molecule has 172 valence electrons. The Morgan fingerprint density at radius 2 is 1.91 bits per heavy atom. The summed E-state index contributed by atoms with van der Waals surface area (Å²) in [6.45, 7) is 10.6. The highest BCUT2D eigenvalue weighted by Crippen LogP contribution is 2.65. The van der Waals surface area contributed by atoms with Crippen molar-refractivity contribution in [3.8, 4) is 0 Å². The van der Waals surface area contributed by atoms with Crippen LogP contribution in [0.15, 0.2) is 59.7 Å². The van der Waals surface area contributed by atoms with Crippen LogP contribution in [0.2, 0.25) is 0 Å². The highest BCUT2D eigenvalue weighted by atomic mass is 16.1. The molecular weight excluding hydrogens is 390 g/mol. The van der Waals surface area contributed by atoms with Crippen molar-refractivity contribution in [1.82, 2.24) is 0 Å². The maximum absolute atomic E-state index is 12.7. The van der Waals surface area contributed by atoms with E-state index >= 15 is 0 Å². The van der Waals surface area contributed by atoms with E-state index in [0.717, 1.165) is 25.7 Å². The van der Waals surface area contributed by atoms with Gasteiger partial charge < -0.3 is 4.90 Å². The molecule has 1 aromatic carbocycles. The van der Waals surface area contributed by atoms with Gasteiger partial charge >= 0.3 is 0 Å². The molecule has 5 unspecified atom stereocenters. The smallest absolute Gasteiger partial charge is 0.133 e. The summed E-state index contributed by atoms with van der Waals surface area (Å²) in [5.41, 5.74) is 7.60. The highest BCUT2D eigenvalue weighted by molar-refractivity contribution is 5.79. The fourth-order valence-electron chi connectivity index (χ4n) is 7.53. The SMILES string of the molecule is C=C/C=C1/CCC2C(=C1CCC)C(c1ccc(N(C)C)cc1)CC1(C)C(C(C)=O)CCC21. The third kappa shape index (κ3) is 3.80. The second-order valence-corrected chi connectivity index (χ2v) is 10.9. The van der Waals surface area contributed by atoms with E-state index in [1.165, 1.54) is 36.1 Å². The van der Waals surface area contributed by atoms with E-state index in [-0.39, 0.29) is 11.3 Å². The number of hydrogen-bond acceptors (Lipinski definition) is 2. The first kappa shape index (κ1) is 23.1. The zero-order chi connectivity index (χ0) is 23.0. The van der Waals surface area contributed by atoms with Crippen LogP contribution in [0.3, 0.4) is 0 Å². The lowest BCUT2D eigenvalue weighted by molar-refractivity contribution is -0.125. The van der Waals surface area contributed by atoms with Gasteiger partial charge in [-0.1, -0.05) is 56.7 Å². The van der Waals surface area contributed by atoms with Gasteiger partial charge in [-0.3, -0.25) is 4.79 Å². The van der Waals surface area contributed by atoms with Crippen molar-refractivity contribution in [2.24, 2.45) is 23.2 Å². The van der Waals surface area contributed by atoms with Gasteiger partial charge in [0.05, 0.1) is 0 Å². The van der Waals surface area contributed by atoms with E-state index in [4.69, 9.17) is 0 Å². The van der Waals surface area contributed by atoms with E-state index in [0.29, 0.717) is 23.5 Å².